The van der Waals surface area contributed by atoms with Gasteiger partial charge in [-0.2, -0.15) is 0 Å². The van der Waals surface area contributed by atoms with Gasteiger partial charge in [-0.25, -0.2) is 8.78 Å². The van der Waals surface area contributed by atoms with Crippen molar-refractivity contribution in [3.8, 4) is 0 Å². The van der Waals surface area contributed by atoms with E-state index in [0.29, 0.717) is 11.1 Å². The van der Waals surface area contributed by atoms with Crippen molar-refractivity contribution >= 4 is 15.9 Å². The molecule has 0 fully saturated rings. The van der Waals surface area contributed by atoms with Gasteiger partial charge in [0.25, 0.3) is 0 Å². The van der Waals surface area contributed by atoms with Crippen LogP contribution in [0.1, 0.15) is 27.1 Å². The molecule has 0 bridgehead atoms. The molecule has 0 aliphatic heterocycles. The van der Waals surface area contributed by atoms with E-state index in [1.54, 1.807) is 32.0 Å². The van der Waals surface area contributed by atoms with Crippen molar-refractivity contribution < 1.29 is 8.78 Å². The molecule has 0 spiro atoms. The second kappa shape index (κ2) is 5.19. The molecular weight excluding hydrogens is 298 g/mol. The largest absolute Gasteiger partial charge is 0.207 e. The number of aryl methyl sites for hydroxylation is 2. The number of alkyl halides is 1. The lowest BCUT2D eigenvalue weighted by Gasteiger charge is -2.13. The van der Waals surface area contributed by atoms with Crippen LogP contribution >= 0.6 is 15.9 Å². The number of benzene rings is 2. The van der Waals surface area contributed by atoms with Gasteiger partial charge in [-0.15, -0.1) is 0 Å². The predicted octanol–water partition coefficient (Wildman–Crippen LogP) is 5.07. The van der Waals surface area contributed by atoms with E-state index < -0.39 is 0 Å². The molecule has 0 nitrogen and oxygen atoms in total. The van der Waals surface area contributed by atoms with Crippen molar-refractivity contribution in [1.82, 2.24) is 0 Å². The first-order chi connectivity index (χ1) is 8.49. The van der Waals surface area contributed by atoms with Gasteiger partial charge < -0.3 is 0 Å². The molecule has 0 aromatic heterocycles. The summed E-state index contributed by atoms with van der Waals surface area (Å²) < 4.78 is 26.8. The number of halogens is 3. The Morgan fingerprint density at radius 3 is 2.11 bits per heavy atom. The molecule has 2 rings (SSSR count). The maximum atomic E-state index is 13.6. The van der Waals surface area contributed by atoms with Gasteiger partial charge >= 0.3 is 0 Å². The summed E-state index contributed by atoms with van der Waals surface area (Å²) in [6.45, 7) is 3.47. The van der Waals surface area contributed by atoms with Crippen molar-refractivity contribution in [1.29, 1.82) is 0 Å². The molecule has 0 saturated carbocycles. The Morgan fingerprint density at radius 1 is 0.944 bits per heavy atom. The molecule has 2 aromatic carbocycles. The third-order valence-corrected chi connectivity index (χ3v) is 3.95. The summed E-state index contributed by atoms with van der Waals surface area (Å²) in [4.78, 5) is -0.133. The van der Waals surface area contributed by atoms with E-state index in [0.717, 1.165) is 11.1 Å². The van der Waals surface area contributed by atoms with Crippen molar-refractivity contribution in [3.63, 3.8) is 0 Å². The maximum Gasteiger partial charge on any atom is 0.129 e. The van der Waals surface area contributed by atoms with Crippen molar-refractivity contribution in [2.75, 3.05) is 0 Å². The van der Waals surface area contributed by atoms with Crippen molar-refractivity contribution in [2.45, 2.75) is 18.7 Å². The van der Waals surface area contributed by atoms with Crippen molar-refractivity contribution in [3.05, 3.63) is 70.3 Å². The first kappa shape index (κ1) is 13.2. The Hall–Kier alpha value is -1.22. The minimum Gasteiger partial charge on any atom is -0.207 e. The summed E-state index contributed by atoms with van der Waals surface area (Å²) >= 11 is 3.53. The zero-order valence-corrected chi connectivity index (χ0v) is 11.8. The normalized spacial score (nSPS) is 12.5. The molecule has 0 aliphatic carbocycles. The molecule has 0 heterocycles. The number of hydrogen-bond donors (Lipinski definition) is 0. The van der Waals surface area contributed by atoms with Crippen LogP contribution in [0, 0.1) is 25.5 Å². The van der Waals surface area contributed by atoms with Crippen LogP contribution in [-0.4, -0.2) is 0 Å². The van der Waals surface area contributed by atoms with Crippen LogP contribution < -0.4 is 0 Å². The van der Waals surface area contributed by atoms with Gasteiger partial charge in [0.05, 0.1) is 4.83 Å². The zero-order valence-electron chi connectivity index (χ0n) is 10.2. The summed E-state index contributed by atoms with van der Waals surface area (Å²) in [5, 5.41) is 0. The smallest absolute Gasteiger partial charge is 0.129 e. The molecule has 0 amide bonds. The Bertz CT molecular complexity index is 555. The second-order valence-electron chi connectivity index (χ2n) is 4.39. The molecule has 0 radical (unpaired) electrons. The molecule has 0 aliphatic rings. The minimum atomic E-state index is -0.271. The minimum absolute atomic E-state index is 0.133. The summed E-state index contributed by atoms with van der Waals surface area (Å²) in [7, 11) is 0. The standard InChI is InChI=1S/C15H13BrF2/c1-9-6-12(7-10(2)15(9)18)14(16)11-4-3-5-13(17)8-11/h3-8,14H,1-2H3. The molecule has 18 heavy (non-hydrogen) atoms. The third kappa shape index (κ3) is 2.61. The van der Waals surface area contributed by atoms with Gasteiger partial charge in [0.1, 0.15) is 11.6 Å². The fraction of sp³-hybridized carbons (Fsp3) is 0.200. The van der Waals surface area contributed by atoms with E-state index in [2.05, 4.69) is 15.9 Å². The first-order valence-corrected chi connectivity index (χ1v) is 6.57. The van der Waals surface area contributed by atoms with Crippen LogP contribution in [0.25, 0.3) is 0 Å². The fourth-order valence-electron chi connectivity index (χ4n) is 1.98. The van der Waals surface area contributed by atoms with Crippen LogP contribution in [0.2, 0.25) is 0 Å². The van der Waals surface area contributed by atoms with E-state index in [4.69, 9.17) is 0 Å². The lowest BCUT2D eigenvalue weighted by molar-refractivity contribution is 0.608. The Balaban J connectivity index is 2.43. The fourth-order valence-corrected chi connectivity index (χ4v) is 2.53. The molecule has 0 N–H and O–H groups in total. The molecule has 1 unspecified atom stereocenters. The highest BCUT2D eigenvalue weighted by atomic mass is 79.9. The SMILES string of the molecule is Cc1cc(C(Br)c2cccc(F)c2)cc(C)c1F. The summed E-state index contributed by atoms with van der Waals surface area (Å²) in [6, 6.07) is 9.97. The van der Waals surface area contributed by atoms with Gasteiger partial charge in [0, 0.05) is 0 Å². The first-order valence-electron chi connectivity index (χ1n) is 5.65. The van der Waals surface area contributed by atoms with Gasteiger partial charge in [0.2, 0.25) is 0 Å². The molecule has 1 atom stereocenters. The van der Waals surface area contributed by atoms with E-state index >= 15 is 0 Å². The highest BCUT2D eigenvalue weighted by Gasteiger charge is 2.14. The monoisotopic (exact) mass is 310 g/mol. The summed E-state index contributed by atoms with van der Waals surface area (Å²) in [5.41, 5.74) is 2.95. The van der Waals surface area contributed by atoms with Crippen LogP contribution in [0.5, 0.6) is 0 Å². The lowest BCUT2D eigenvalue weighted by atomic mass is 10.00. The maximum absolute atomic E-state index is 13.6. The second-order valence-corrected chi connectivity index (χ2v) is 5.30. The number of hydrogen-bond acceptors (Lipinski definition) is 0. The topological polar surface area (TPSA) is 0 Å². The molecule has 94 valence electrons. The zero-order chi connectivity index (χ0) is 13.3. The van der Waals surface area contributed by atoms with Crippen LogP contribution in [0.15, 0.2) is 36.4 Å². The van der Waals surface area contributed by atoms with Crippen molar-refractivity contribution in [2.24, 2.45) is 0 Å². The molecular formula is C15H13BrF2. The molecule has 0 saturated heterocycles. The van der Waals surface area contributed by atoms with Crippen LogP contribution in [0.3, 0.4) is 0 Å². The average Bonchev–Trinajstić information content (AvgIpc) is 2.34. The summed E-state index contributed by atoms with van der Waals surface area (Å²) in [5.74, 6) is -0.454. The van der Waals surface area contributed by atoms with Crippen LogP contribution in [-0.2, 0) is 0 Å². The van der Waals surface area contributed by atoms with Gasteiger partial charge in [-0.3, -0.25) is 0 Å². The quantitative estimate of drug-likeness (QED) is 0.680. The highest BCUT2D eigenvalue weighted by molar-refractivity contribution is 9.09. The lowest BCUT2D eigenvalue weighted by Crippen LogP contribution is -1.97. The Labute approximate surface area is 114 Å². The van der Waals surface area contributed by atoms with Crippen LogP contribution in [0.4, 0.5) is 8.78 Å². The Kier molecular flexibility index (Phi) is 3.81. The predicted molar refractivity (Wildman–Crippen MR) is 73.0 cm³/mol. The van der Waals surface area contributed by atoms with E-state index in [-0.39, 0.29) is 16.5 Å². The van der Waals surface area contributed by atoms with E-state index in [1.807, 2.05) is 6.07 Å². The molecule has 3 heteroatoms. The number of rotatable bonds is 2. The van der Waals surface area contributed by atoms with Gasteiger partial charge in [-0.05, 0) is 48.2 Å². The van der Waals surface area contributed by atoms with Gasteiger partial charge in [0.15, 0.2) is 0 Å². The Morgan fingerprint density at radius 2 is 1.56 bits per heavy atom. The third-order valence-electron chi connectivity index (χ3n) is 2.89. The van der Waals surface area contributed by atoms with E-state index in [1.165, 1.54) is 12.1 Å². The average molecular weight is 311 g/mol. The van der Waals surface area contributed by atoms with E-state index in [9.17, 15) is 8.78 Å². The van der Waals surface area contributed by atoms with Gasteiger partial charge in [-0.1, -0.05) is 40.2 Å². The highest BCUT2D eigenvalue weighted by Crippen LogP contribution is 2.32. The summed E-state index contributed by atoms with van der Waals surface area (Å²) in [6.07, 6.45) is 0. The molecule has 2 aromatic rings.